The molecule has 0 saturated heterocycles. The molecule has 1 aromatic rings. The zero-order valence-electron chi connectivity index (χ0n) is 10.5. The molecular weight excluding hydrogens is 233 g/mol. The fraction of sp³-hybridized carbons (Fsp3) is 0.500. The van der Waals surface area contributed by atoms with E-state index in [0.29, 0.717) is 25.3 Å². The molecular formula is C14H18FNO2. The number of aliphatic carboxylic acids is 1. The van der Waals surface area contributed by atoms with Crippen molar-refractivity contribution in [1.29, 1.82) is 0 Å². The first kappa shape index (κ1) is 13.0. The third-order valence-electron chi connectivity index (χ3n) is 3.78. The molecule has 0 amide bonds. The fourth-order valence-electron chi connectivity index (χ4n) is 2.33. The number of benzene rings is 1. The summed E-state index contributed by atoms with van der Waals surface area (Å²) in [6.07, 6.45) is 2.09. The van der Waals surface area contributed by atoms with Crippen LogP contribution in [-0.2, 0) is 11.2 Å². The zero-order chi connectivity index (χ0) is 13.1. The van der Waals surface area contributed by atoms with Gasteiger partial charge in [-0.25, -0.2) is 4.39 Å². The number of likely N-dealkylation sites (N-methyl/N-ethyl adjacent to an activating group) is 1. The molecule has 1 fully saturated rings. The number of hydrogen-bond acceptors (Lipinski definition) is 2. The first-order chi connectivity index (χ1) is 8.58. The molecule has 1 aliphatic rings. The van der Waals surface area contributed by atoms with Crippen LogP contribution >= 0.6 is 0 Å². The minimum atomic E-state index is -0.700. The predicted molar refractivity (Wildman–Crippen MR) is 66.9 cm³/mol. The van der Waals surface area contributed by atoms with Crippen molar-refractivity contribution in [1.82, 2.24) is 4.90 Å². The predicted octanol–water partition coefficient (Wildman–Crippen LogP) is 2.16. The average molecular weight is 251 g/mol. The van der Waals surface area contributed by atoms with Crippen molar-refractivity contribution in [2.45, 2.75) is 25.3 Å². The molecule has 0 heterocycles. The van der Waals surface area contributed by atoms with E-state index >= 15 is 0 Å². The van der Waals surface area contributed by atoms with Crippen LogP contribution in [0.3, 0.4) is 0 Å². The maximum absolute atomic E-state index is 13.4. The SMILES string of the molecule is CN(CCc1ccccc1F)C1CC(C(=O)O)C1. The number of halogens is 1. The summed E-state index contributed by atoms with van der Waals surface area (Å²) in [6.45, 7) is 0.762. The van der Waals surface area contributed by atoms with Crippen molar-refractivity contribution in [2.24, 2.45) is 5.92 Å². The van der Waals surface area contributed by atoms with E-state index in [9.17, 15) is 9.18 Å². The molecule has 0 aromatic heterocycles. The maximum atomic E-state index is 13.4. The van der Waals surface area contributed by atoms with Crippen molar-refractivity contribution in [3.8, 4) is 0 Å². The van der Waals surface area contributed by atoms with Crippen LogP contribution in [0.15, 0.2) is 24.3 Å². The van der Waals surface area contributed by atoms with Crippen molar-refractivity contribution >= 4 is 5.97 Å². The molecule has 0 bridgehead atoms. The van der Waals surface area contributed by atoms with Gasteiger partial charge in [0.05, 0.1) is 5.92 Å². The van der Waals surface area contributed by atoms with Crippen molar-refractivity contribution in [3.63, 3.8) is 0 Å². The molecule has 98 valence electrons. The van der Waals surface area contributed by atoms with Gasteiger partial charge in [0, 0.05) is 12.6 Å². The summed E-state index contributed by atoms with van der Waals surface area (Å²) in [7, 11) is 1.98. The number of carboxylic acid groups (broad SMARTS) is 1. The Bertz CT molecular complexity index is 430. The molecule has 18 heavy (non-hydrogen) atoms. The monoisotopic (exact) mass is 251 g/mol. The van der Waals surface area contributed by atoms with Crippen LogP contribution in [0.4, 0.5) is 4.39 Å². The van der Waals surface area contributed by atoms with E-state index in [-0.39, 0.29) is 11.7 Å². The van der Waals surface area contributed by atoms with E-state index in [2.05, 4.69) is 4.90 Å². The second-order valence-electron chi connectivity index (χ2n) is 4.98. The Hall–Kier alpha value is -1.42. The molecule has 0 aliphatic heterocycles. The van der Waals surface area contributed by atoms with E-state index < -0.39 is 5.97 Å². The van der Waals surface area contributed by atoms with Crippen LogP contribution in [0.5, 0.6) is 0 Å². The number of carboxylic acids is 1. The Morgan fingerprint density at radius 3 is 2.72 bits per heavy atom. The van der Waals surface area contributed by atoms with Crippen LogP contribution in [0.1, 0.15) is 18.4 Å². The molecule has 0 radical (unpaired) electrons. The summed E-state index contributed by atoms with van der Waals surface area (Å²) in [5.41, 5.74) is 0.721. The highest BCUT2D eigenvalue weighted by molar-refractivity contribution is 5.71. The third kappa shape index (κ3) is 2.88. The molecule has 4 heteroatoms. The number of hydrogen-bond donors (Lipinski definition) is 1. The maximum Gasteiger partial charge on any atom is 0.306 e. The molecule has 3 nitrogen and oxygen atoms in total. The Morgan fingerprint density at radius 2 is 2.11 bits per heavy atom. The summed E-state index contributed by atoms with van der Waals surface area (Å²) in [5.74, 6) is -1.05. The van der Waals surface area contributed by atoms with Crippen LogP contribution in [0.25, 0.3) is 0 Å². The van der Waals surface area contributed by atoms with Gasteiger partial charge < -0.3 is 10.0 Å². The second-order valence-corrected chi connectivity index (χ2v) is 4.98. The first-order valence-corrected chi connectivity index (χ1v) is 6.24. The van der Waals surface area contributed by atoms with Crippen LogP contribution < -0.4 is 0 Å². The van der Waals surface area contributed by atoms with E-state index in [4.69, 9.17) is 5.11 Å². The van der Waals surface area contributed by atoms with Gasteiger partial charge >= 0.3 is 5.97 Å². The third-order valence-corrected chi connectivity index (χ3v) is 3.78. The van der Waals surface area contributed by atoms with Crippen LogP contribution in [0, 0.1) is 11.7 Å². The standard InChI is InChI=1S/C14H18FNO2/c1-16(12-8-11(9-12)14(17)18)7-6-10-4-2-3-5-13(10)15/h2-5,11-12H,6-9H2,1H3,(H,17,18). The van der Waals surface area contributed by atoms with Crippen molar-refractivity contribution in [2.75, 3.05) is 13.6 Å². The lowest BCUT2D eigenvalue weighted by atomic mass is 9.79. The van der Waals surface area contributed by atoms with Gasteiger partial charge in [0.2, 0.25) is 0 Å². The number of nitrogens with zero attached hydrogens (tertiary/aromatic N) is 1. The summed E-state index contributed by atoms with van der Waals surface area (Å²) >= 11 is 0. The minimum absolute atomic E-state index is 0.164. The smallest absolute Gasteiger partial charge is 0.306 e. The zero-order valence-corrected chi connectivity index (χ0v) is 10.5. The lowest BCUT2D eigenvalue weighted by molar-refractivity contribution is -0.146. The molecule has 1 saturated carbocycles. The van der Waals surface area contributed by atoms with Gasteiger partial charge in [-0.15, -0.1) is 0 Å². The molecule has 1 aliphatic carbocycles. The van der Waals surface area contributed by atoms with Gasteiger partial charge in [0.15, 0.2) is 0 Å². The molecule has 0 unspecified atom stereocenters. The van der Waals surface area contributed by atoms with Gasteiger partial charge in [-0.05, 0) is 37.9 Å². The number of rotatable bonds is 5. The van der Waals surface area contributed by atoms with Gasteiger partial charge in [-0.2, -0.15) is 0 Å². The summed E-state index contributed by atoms with van der Waals surface area (Å²) in [4.78, 5) is 12.8. The highest BCUT2D eigenvalue weighted by atomic mass is 19.1. The lowest BCUT2D eigenvalue weighted by Crippen LogP contribution is -2.45. The van der Waals surface area contributed by atoms with E-state index in [1.807, 2.05) is 13.1 Å². The van der Waals surface area contributed by atoms with Crippen LogP contribution in [-0.4, -0.2) is 35.6 Å². The largest absolute Gasteiger partial charge is 0.481 e. The van der Waals surface area contributed by atoms with Crippen molar-refractivity contribution in [3.05, 3.63) is 35.6 Å². The van der Waals surface area contributed by atoms with E-state index in [1.165, 1.54) is 6.07 Å². The minimum Gasteiger partial charge on any atom is -0.481 e. The lowest BCUT2D eigenvalue weighted by Gasteiger charge is -2.39. The first-order valence-electron chi connectivity index (χ1n) is 6.24. The molecule has 1 aromatic carbocycles. The topological polar surface area (TPSA) is 40.5 Å². The van der Waals surface area contributed by atoms with Crippen LogP contribution in [0.2, 0.25) is 0 Å². The molecule has 2 rings (SSSR count). The van der Waals surface area contributed by atoms with E-state index in [0.717, 1.165) is 12.1 Å². The molecule has 0 spiro atoms. The fourth-order valence-corrected chi connectivity index (χ4v) is 2.33. The van der Waals surface area contributed by atoms with Gasteiger partial charge in [0.1, 0.15) is 5.82 Å². The Labute approximate surface area is 106 Å². The van der Waals surface area contributed by atoms with E-state index in [1.54, 1.807) is 12.1 Å². The van der Waals surface area contributed by atoms with Gasteiger partial charge in [0.25, 0.3) is 0 Å². The molecule has 1 N–H and O–H groups in total. The Balaban J connectivity index is 1.78. The average Bonchev–Trinajstić information content (AvgIpc) is 2.25. The normalized spacial score (nSPS) is 22.8. The van der Waals surface area contributed by atoms with Gasteiger partial charge in [-0.3, -0.25) is 4.79 Å². The quantitative estimate of drug-likeness (QED) is 0.871. The summed E-state index contributed by atoms with van der Waals surface area (Å²) < 4.78 is 13.4. The molecule has 0 atom stereocenters. The summed E-state index contributed by atoms with van der Waals surface area (Å²) in [6, 6.07) is 7.12. The highest BCUT2D eigenvalue weighted by Crippen LogP contribution is 2.31. The second kappa shape index (κ2) is 5.48. The summed E-state index contributed by atoms with van der Waals surface area (Å²) in [5, 5.41) is 8.81. The van der Waals surface area contributed by atoms with Gasteiger partial charge in [-0.1, -0.05) is 18.2 Å². The highest BCUT2D eigenvalue weighted by Gasteiger charge is 2.36. The number of carbonyl (C=O) groups is 1. The Kier molecular flexibility index (Phi) is 3.97. The van der Waals surface area contributed by atoms with Crippen molar-refractivity contribution < 1.29 is 14.3 Å². The Morgan fingerprint density at radius 1 is 1.44 bits per heavy atom.